The number of ether oxygens (including phenoxy) is 1. The Labute approximate surface area is 138 Å². The van der Waals surface area contributed by atoms with Gasteiger partial charge in [0.15, 0.2) is 0 Å². The van der Waals surface area contributed by atoms with Gasteiger partial charge in [-0.05, 0) is 41.1 Å². The zero-order valence-electron chi connectivity index (χ0n) is 10.4. The Morgan fingerprint density at radius 2 is 2.16 bits per heavy atom. The summed E-state index contributed by atoms with van der Waals surface area (Å²) in [5.41, 5.74) is 0.686. The van der Waals surface area contributed by atoms with Crippen molar-refractivity contribution in [2.45, 2.75) is 19.1 Å². The number of morpholine rings is 1. The molecule has 0 aliphatic carbocycles. The van der Waals surface area contributed by atoms with Crippen molar-refractivity contribution in [3.63, 3.8) is 0 Å². The van der Waals surface area contributed by atoms with Crippen LogP contribution in [0.4, 0.5) is 0 Å². The van der Waals surface area contributed by atoms with E-state index in [4.69, 9.17) is 4.74 Å². The minimum atomic E-state index is 0.0421. The zero-order chi connectivity index (χ0) is 14.0. The van der Waals surface area contributed by atoms with E-state index in [2.05, 4.69) is 47.8 Å². The Hall–Kier alpha value is 0.0900. The van der Waals surface area contributed by atoms with Gasteiger partial charge in [-0.15, -0.1) is 0 Å². The van der Waals surface area contributed by atoms with Crippen LogP contribution in [0.1, 0.15) is 17.3 Å². The molecule has 2 rings (SSSR count). The molecule has 2 atom stereocenters. The van der Waals surface area contributed by atoms with Crippen LogP contribution in [-0.2, 0) is 4.74 Å². The summed E-state index contributed by atoms with van der Waals surface area (Å²) in [6.45, 7) is 3.24. The zero-order valence-corrected chi connectivity index (χ0v) is 15.2. The van der Waals surface area contributed by atoms with Crippen LogP contribution in [0.25, 0.3) is 0 Å². The molecule has 3 nitrogen and oxygen atoms in total. The molecule has 2 unspecified atom stereocenters. The lowest BCUT2D eigenvalue weighted by Crippen LogP contribution is -2.49. The fourth-order valence-corrected chi connectivity index (χ4v) is 3.70. The van der Waals surface area contributed by atoms with Crippen molar-refractivity contribution in [1.29, 1.82) is 0 Å². The van der Waals surface area contributed by atoms with Crippen molar-refractivity contribution in [3.8, 4) is 0 Å². The van der Waals surface area contributed by atoms with Gasteiger partial charge >= 0.3 is 0 Å². The lowest BCUT2D eigenvalue weighted by Gasteiger charge is -2.36. The molecule has 1 amide bonds. The van der Waals surface area contributed by atoms with E-state index in [0.29, 0.717) is 18.7 Å². The van der Waals surface area contributed by atoms with E-state index in [9.17, 15) is 4.79 Å². The van der Waals surface area contributed by atoms with Gasteiger partial charge in [-0.1, -0.05) is 31.9 Å². The summed E-state index contributed by atoms with van der Waals surface area (Å²) in [5, 5.41) is 0.739. The molecule has 1 fully saturated rings. The number of rotatable bonds is 2. The highest BCUT2D eigenvalue weighted by molar-refractivity contribution is 9.11. The normalized spacial score (nSPS) is 23.5. The number of carbonyl (C=O) groups is 1. The van der Waals surface area contributed by atoms with Crippen molar-refractivity contribution in [3.05, 3.63) is 32.7 Å². The van der Waals surface area contributed by atoms with Crippen molar-refractivity contribution in [1.82, 2.24) is 4.90 Å². The third kappa shape index (κ3) is 3.80. The Kier molecular flexibility index (Phi) is 5.45. The summed E-state index contributed by atoms with van der Waals surface area (Å²) in [6.07, 6.45) is 0.122. The topological polar surface area (TPSA) is 29.5 Å². The largest absolute Gasteiger partial charge is 0.371 e. The standard InChI is InChI=1S/C13H14Br3NO2/c1-8-6-17(7-10(5-14)19-8)13(18)11-3-2-9(15)4-12(11)16/h2-4,8,10H,5-7H2,1H3. The lowest BCUT2D eigenvalue weighted by molar-refractivity contribution is -0.0559. The molecule has 0 aromatic heterocycles. The maximum Gasteiger partial charge on any atom is 0.255 e. The highest BCUT2D eigenvalue weighted by Gasteiger charge is 2.29. The first-order chi connectivity index (χ1) is 9.01. The molecule has 0 bridgehead atoms. The summed E-state index contributed by atoms with van der Waals surface area (Å²) in [7, 11) is 0. The fourth-order valence-electron chi connectivity index (χ4n) is 2.13. The van der Waals surface area contributed by atoms with Crippen molar-refractivity contribution in [2.24, 2.45) is 0 Å². The SMILES string of the molecule is CC1CN(C(=O)c2ccc(Br)cc2Br)CC(CBr)O1. The van der Waals surface area contributed by atoms with Crippen LogP contribution in [0.5, 0.6) is 0 Å². The van der Waals surface area contributed by atoms with Crippen LogP contribution in [0, 0.1) is 0 Å². The first-order valence-corrected chi connectivity index (χ1v) is 8.67. The second-order valence-electron chi connectivity index (χ2n) is 4.56. The minimum Gasteiger partial charge on any atom is -0.371 e. The molecule has 0 radical (unpaired) electrons. The summed E-state index contributed by atoms with van der Waals surface area (Å²) >= 11 is 10.3. The monoisotopic (exact) mass is 453 g/mol. The van der Waals surface area contributed by atoms with Crippen LogP contribution in [-0.4, -0.2) is 41.4 Å². The third-order valence-electron chi connectivity index (χ3n) is 2.95. The van der Waals surface area contributed by atoms with Gasteiger partial charge in [0.05, 0.1) is 17.8 Å². The lowest BCUT2D eigenvalue weighted by atomic mass is 10.1. The molecule has 1 saturated heterocycles. The molecular formula is C13H14Br3NO2. The highest BCUT2D eigenvalue weighted by atomic mass is 79.9. The molecule has 0 saturated carbocycles. The quantitative estimate of drug-likeness (QED) is 0.634. The van der Waals surface area contributed by atoms with Gasteiger partial charge in [0.1, 0.15) is 0 Å². The number of nitrogens with zero attached hydrogens (tertiary/aromatic N) is 1. The summed E-state index contributed by atoms with van der Waals surface area (Å²) in [5.74, 6) is 0.0421. The maximum atomic E-state index is 12.5. The number of hydrogen-bond acceptors (Lipinski definition) is 2. The Morgan fingerprint density at radius 1 is 1.42 bits per heavy atom. The van der Waals surface area contributed by atoms with E-state index in [0.717, 1.165) is 14.3 Å². The van der Waals surface area contributed by atoms with E-state index < -0.39 is 0 Å². The fraction of sp³-hybridized carbons (Fsp3) is 0.462. The molecule has 19 heavy (non-hydrogen) atoms. The number of benzene rings is 1. The summed E-state index contributed by atoms with van der Waals surface area (Å²) in [6, 6.07) is 5.60. The first-order valence-electron chi connectivity index (χ1n) is 5.97. The molecule has 0 N–H and O–H groups in total. The number of hydrogen-bond donors (Lipinski definition) is 0. The predicted octanol–water partition coefficient (Wildman–Crippen LogP) is 3.84. The van der Waals surface area contributed by atoms with E-state index in [-0.39, 0.29) is 18.1 Å². The van der Waals surface area contributed by atoms with Crippen molar-refractivity contribution >= 4 is 53.7 Å². The van der Waals surface area contributed by atoms with Crippen LogP contribution in [0.3, 0.4) is 0 Å². The van der Waals surface area contributed by atoms with Gasteiger partial charge in [-0.3, -0.25) is 4.79 Å². The Morgan fingerprint density at radius 3 is 2.79 bits per heavy atom. The number of alkyl halides is 1. The van der Waals surface area contributed by atoms with Gasteiger partial charge in [0.2, 0.25) is 0 Å². The van der Waals surface area contributed by atoms with E-state index in [1.165, 1.54) is 0 Å². The second-order valence-corrected chi connectivity index (χ2v) is 6.97. The molecule has 1 aromatic carbocycles. The van der Waals surface area contributed by atoms with Crippen LogP contribution >= 0.6 is 47.8 Å². The van der Waals surface area contributed by atoms with E-state index >= 15 is 0 Å². The third-order valence-corrected chi connectivity index (χ3v) is 4.82. The van der Waals surface area contributed by atoms with Crippen molar-refractivity contribution in [2.75, 3.05) is 18.4 Å². The van der Waals surface area contributed by atoms with Crippen LogP contribution in [0.2, 0.25) is 0 Å². The van der Waals surface area contributed by atoms with E-state index in [1.54, 1.807) is 0 Å². The summed E-state index contributed by atoms with van der Waals surface area (Å²) in [4.78, 5) is 14.4. The van der Waals surface area contributed by atoms with Gasteiger partial charge in [0, 0.05) is 27.4 Å². The molecule has 1 aliphatic heterocycles. The van der Waals surface area contributed by atoms with Gasteiger partial charge in [-0.25, -0.2) is 0 Å². The molecule has 104 valence electrons. The molecule has 1 heterocycles. The van der Waals surface area contributed by atoms with Gasteiger partial charge < -0.3 is 9.64 Å². The number of carbonyl (C=O) groups excluding carboxylic acids is 1. The van der Waals surface area contributed by atoms with E-state index in [1.807, 2.05) is 30.0 Å². The molecule has 1 aromatic rings. The second kappa shape index (κ2) is 6.70. The number of amides is 1. The Bertz CT molecular complexity index is 481. The van der Waals surface area contributed by atoms with Crippen LogP contribution < -0.4 is 0 Å². The molecular weight excluding hydrogens is 442 g/mol. The molecule has 1 aliphatic rings. The Balaban J connectivity index is 2.18. The average molecular weight is 456 g/mol. The number of halogens is 3. The van der Waals surface area contributed by atoms with Gasteiger partial charge in [-0.2, -0.15) is 0 Å². The summed E-state index contributed by atoms with van der Waals surface area (Å²) < 4.78 is 7.50. The predicted molar refractivity (Wildman–Crippen MR) is 85.9 cm³/mol. The molecule has 6 heteroatoms. The van der Waals surface area contributed by atoms with Gasteiger partial charge in [0.25, 0.3) is 5.91 Å². The minimum absolute atomic E-state index is 0.0421. The highest BCUT2D eigenvalue weighted by Crippen LogP contribution is 2.24. The maximum absolute atomic E-state index is 12.5. The smallest absolute Gasteiger partial charge is 0.255 e. The average Bonchev–Trinajstić information content (AvgIpc) is 2.37. The van der Waals surface area contributed by atoms with Crippen LogP contribution in [0.15, 0.2) is 27.1 Å². The molecule has 0 spiro atoms. The first kappa shape index (κ1) is 15.5. The van der Waals surface area contributed by atoms with Crippen molar-refractivity contribution < 1.29 is 9.53 Å².